The number of hydrogen-bond donors (Lipinski definition) is 2. The molecule has 1 aromatic heterocycles. The van der Waals surface area contributed by atoms with Crippen molar-refractivity contribution in [3.05, 3.63) is 12.4 Å². The zero-order valence-corrected chi connectivity index (χ0v) is 11.2. The molecule has 0 bridgehead atoms. The van der Waals surface area contributed by atoms with E-state index in [1.54, 1.807) is 6.07 Å². The molecule has 1 aromatic rings. The summed E-state index contributed by atoms with van der Waals surface area (Å²) in [7, 11) is 0. The van der Waals surface area contributed by atoms with Gasteiger partial charge in [0.05, 0.1) is 12.6 Å². The van der Waals surface area contributed by atoms with Gasteiger partial charge in [-0.1, -0.05) is 0 Å². The predicted molar refractivity (Wildman–Crippen MR) is 69.6 cm³/mol. The van der Waals surface area contributed by atoms with E-state index in [1.807, 2.05) is 27.7 Å². The summed E-state index contributed by atoms with van der Waals surface area (Å²) in [5.41, 5.74) is 0. The lowest BCUT2D eigenvalue weighted by Gasteiger charge is -2.11. The number of rotatable bonds is 6. The molecule has 0 saturated heterocycles. The monoisotopic (exact) mass is 252 g/mol. The second-order valence-electron chi connectivity index (χ2n) is 4.48. The summed E-state index contributed by atoms with van der Waals surface area (Å²) in [6.45, 7) is 7.85. The maximum absolute atomic E-state index is 11.4. The van der Waals surface area contributed by atoms with Crippen molar-refractivity contribution in [2.24, 2.45) is 0 Å². The highest BCUT2D eigenvalue weighted by Crippen LogP contribution is 2.11. The van der Waals surface area contributed by atoms with Crippen molar-refractivity contribution >= 4 is 11.7 Å². The van der Waals surface area contributed by atoms with E-state index in [0.29, 0.717) is 11.7 Å². The predicted octanol–water partition coefficient (Wildman–Crippen LogP) is 1.20. The molecule has 0 aliphatic heterocycles. The van der Waals surface area contributed by atoms with Crippen LogP contribution >= 0.6 is 0 Å². The Labute approximate surface area is 107 Å². The lowest BCUT2D eigenvalue weighted by Crippen LogP contribution is -2.34. The number of aromatic nitrogens is 2. The Bertz CT molecular complexity index is 393. The van der Waals surface area contributed by atoms with Crippen LogP contribution in [0.25, 0.3) is 0 Å². The van der Waals surface area contributed by atoms with E-state index < -0.39 is 0 Å². The quantitative estimate of drug-likeness (QED) is 0.795. The minimum Gasteiger partial charge on any atom is -0.475 e. The van der Waals surface area contributed by atoms with Crippen molar-refractivity contribution in [1.29, 1.82) is 0 Å². The molecule has 0 spiro atoms. The van der Waals surface area contributed by atoms with Gasteiger partial charge in [-0.3, -0.25) is 4.79 Å². The molecule has 0 unspecified atom stereocenters. The zero-order valence-electron chi connectivity index (χ0n) is 11.2. The number of hydrogen-bond acceptors (Lipinski definition) is 5. The molecule has 6 heteroatoms. The molecule has 100 valence electrons. The molecule has 0 aliphatic carbocycles. The third kappa shape index (κ3) is 5.47. The molecular weight excluding hydrogens is 232 g/mol. The average molecular weight is 252 g/mol. The largest absolute Gasteiger partial charge is 0.475 e. The highest BCUT2D eigenvalue weighted by atomic mass is 16.5. The minimum absolute atomic E-state index is 0.0528. The van der Waals surface area contributed by atoms with Crippen molar-refractivity contribution in [2.75, 3.05) is 11.9 Å². The maximum atomic E-state index is 11.4. The van der Waals surface area contributed by atoms with E-state index in [-0.39, 0.29) is 24.6 Å². The minimum atomic E-state index is -0.0741. The molecule has 2 N–H and O–H groups in total. The third-order valence-electron chi connectivity index (χ3n) is 1.88. The van der Waals surface area contributed by atoms with Crippen LogP contribution in [0.3, 0.4) is 0 Å². The normalized spacial score (nSPS) is 10.6. The SMILES string of the molecule is CC(C)NC(=O)CNc1cc(OC(C)C)ncn1. The van der Waals surface area contributed by atoms with Gasteiger partial charge in [0.15, 0.2) is 0 Å². The summed E-state index contributed by atoms with van der Waals surface area (Å²) in [5, 5.41) is 5.70. The van der Waals surface area contributed by atoms with E-state index in [2.05, 4.69) is 20.6 Å². The molecule has 0 atom stereocenters. The molecule has 0 saturated carbocycles. The standard InChI is InChI=1S/C12H20N4O2/c1-8(2)16-11(17)6-13-10-5-12(15-7-14-10)18-9(3)4/h5,7-9H,6H2,1-4H3,(H,16,17)(H,13,14,15). The Morgan fingerprint density at radius 1 is 1.33 bits per heavy atom. The summed E-state index contributed by atoms with van der Waals surface area (Å²) in [6, 6.07) is 1.80. The summed E-state index contributed by atoms with van der Waals surface area (Å²) >= 11 is 0. The highest BCUT2D eigenvalue weighted by Gasteiger charge is 2.05. The number of anilines is 1. The van der Waals surface area contributed by atoms with Crippen molar-refractivity contribution in [3.63, 3.8) is 0 Å². The molecule has 6 nitrogen and oxygen atoms in total. The first-order valence-corrected chi connectivity index (χ1v) is 5.99. The maximum Gasteiger partial charge on any atom is 0.239 e. The topological polar surface area (TPSA) is 76.1 Å². The molecule has 0 aromatic carbocycles. The van der Waals surface area contributed by atoms with Crippen LogP contribution in [-0.4, -0.2) is 34.6 Å². The Kier molecular flexibility index (Phi) is 5.35. The van der Waals surface area contributed by atoms with Gasteiger partial charge in [-0.15, -0.1) is 0 Å². The van der Waals surface area contributed by atoms with E-state index in [4.69, 9.17) is 4.74 Å². The highest BCUT2D eigenvalue weighted by molar-refractivity contribution is 5.80. The van der Waals surface area contributed by atoms with Gasteiger partial charge >= 0.3 is 0 Å². The number of nitrogens with zero attached hydrogens (tertiary/aromatic N) is 2. The smallest absolute Gasteiger partial charge is 0.239 e. The van der Waals surface area contributed by atoms with Crippen molar-refractivity contribution < 1.29 is 9.53 Å². The van der Waals surface area contributed by atoms with Gasteiger partial charge in [0, 0.05) is 12.1 Å². The Morgan fingerprint density at radius 3 is 2.67 bits per heavy atom. The van der Waals surface area contributed by atoms with Crippen molar-refractivity contribution in [2.45, 2.75) is 39.8 Å². The van der Waals surface area contributed by atoms with E-state index in [1.165, 1.54) is 6.33 Å². The van der Waals surface area contributed by atoms with Crippen LogP contribution in [0.2, 0.25) is 0 Å². The number of carbonyl (C=O) groups excluding carboxylic acids is 1. The fourth-order valence-corrected chi connectivity index (χ4v) is 1.29. The van der Waals surface area contributed by atoms with Gasteiger partial charge in [0.1, 0.15) is 12.1 Å². The molecular formula is C12H20N4O2. The van der Waals surface area contributed by atoms with Crippen molar-refractivity contribution in [1.82, 2.24) is 15.3 Å². The van der Waals surface area contributed by atoms with Crippen molar-refractivity contribution in [3.8, 4) is 5.88 Å². The molecule has 1 rings (SSSR count). The van der Waals surface area contributed by atoms with Gasteiger partial charge in [0.2, 0.25) is 11.8 Å². The van der Waals surface area contributed by atoms with Gasteiger partial charge < -0.3 is 15.4 Å². The molecule has 18 heavy (non-hydrogen) atoms. The Hall–Kier alpha value is -1.85. The Balaban J connectivity index is 2.49. The summed E-state index contributed by atoms with van der Waals surface area (Å²) in [5.74, 6) is 0.987. The average Bonchev–Trinajstić information content (AvgIpc) is 2.25. The van der Waals surface area contributed by atoms with Gasteiger partial charge in [-0.2, -0.15) is 0 Å². The third-order valence-corrected chi connectivity index (χ3v) is 1.88. The zero-order chi connectivity index (χ0) is 13.5. The van der Waals surface area contributed by atoms with Crippen LogP contribution in [0.5, 0.6) is 5.88 Å². The van der Waals surface area contributed by atoms with E-state index >= 15 is 0 Å². The number of carbonyl (C=O) groups is 1. The van der Waals surface area contributed by atoms with Crippen LogP contribution in [-0.2, 0) is 4.79 Å². The van der Waals surface area contributed by atoms with Gasteiger partial charge in [-0.25, -0.2) is 9.97 Å². The number of ether oxygens (including phenoxy) is 1. The molecule has 1 amide bonds. The number of nitrogens with one attached hydrogen (secondary N) is 2. The van der Waals surface area contributed by atoms with Crippen LogP contribution < -0.4 is 15.4 Å². The van der Waals surface area contributed by atoms with E-state index in [0.717, 1.165) is 0 Å². The van der Waals surface area contributed by atoms with Crippen LogP contribution in [0.4, 0.5) is 5.82 Å². The number of amides is 1. The first-order chi connectivity index (χ1) is 8.47. The van der Waals surface area contributed by atoms with Crippen LogP contribution in [0.1, 0.15) is 27.7 Å². The lowest BCUT2D eigenvalue weighted by molar-refractivity contribution is -0.119. The van der Waals surface area contributed by atoms with Crippen LogP contribution in [0.15, 0.2) is 12.4 Å². The summed E-state index contributed by atoms with van der Waals surface area (Å²) in [6.07, 6.45) is 1.46. The second kappa shape index (κ2) is 6.78. The second-order valence-corrected chi connectivity index (χ2v) is 4.48. The molecule has 1 heterocycles. The summed E-state index contributed by atoms with van der Waals surface area (Å²) in [4.78, 5) is 19.4. The fraction of sp³-hybridized carbons (Fsp3) is 0.583. The Morgan fingerprint density at radius 2 is 2.06 bits per heavy atom. The molecule has 0 fully saturated rings. The lowest BCUT2D eigenvalue weighted by atomic mass is 10.4. The molecule has 0 radical (unpaired) electrons. The van der Waals surface area contributed by atoms with Gasteiger partial charge in [0.25, 0.3) is 0 Å². The van der Waals surface area contributed by atoms with Crippen LogP contribution in [0, 0.1) is 0 Å². The van der Waals surface area contributed by atoms with Gasteiger partial charge in [-0.05, 0) is 27.7 Å². The van der Waals surface area contributed by atoms with E-state index in [9.17, 15) is 4.79 Å². The fourth-order valence-electron chi connectivity index (χ4n) is 1.29. The summed E-state index contributed by atoms with van der Waals surface area (Å²) < 4.78 is 5.43. The first-order valence-electron chi connectivity index (χ1n) is 5.99. The molecule has 0 aliphatic rings. The first kappa shape index (κ1) is 14.2.